The Labute approximate surface area is 162 Å². The van der Waals surface area contributed by atoms with E-state index < -0.39 is 18.0 Å². The van der Waals surface area contributed by atoms with Crippen molar-refractivity contribution >= 4 is 17.5 Å². The Morgan fingerprint density at radius 2 is 1.79 bits per heavy atom. The normalized spacial score (nSPS) is 20.7. The number of fused-ring (bicyclic) bond motifs is 1. The summed E-state index contributed by atoms with van der Waals surface area (Å²) in [5, 5.41) is 9.73. The number of ether oxygens (including phenoxy) is 2. The zero-order valence-electron chi connectivity index (χ0n) is 15.8. The lowest BCUT2D eigenvalue weighted by Crippen LogP contribution is -2.39. The second-order valence-corrected chi connectivity index (χ2v) is 6.73. The van der Waals surface area contributed by atoms with E-state index in [1.807, 2.05) is 31.2 Å². The number of hydrogen-bond acceptors (Lipinski definition) is 7. The average Bonchev–Trinajstić information content (AvgIpc) is 3.21. The van der Waals surface area contributed by atoms with Crippen LogP contribution in [0.3, 0.4) is 0 Å². The fourth-order valence-corrected chi connectivity index (χ4v) is 3.57. The monoisotopic (exact) mass is 380 g/mol. The van der Waals surface area contributed by atoms with Crippen molar-refractivity contribution in [3.8, 4) is 11.5 Å². The highest BCUT2D eigenvalue weighted by Gasteiger charge is 2.54. The van der Waals surface area contributed by atoms with Crippen molar-refractivity contribution in [1.29, 1.82) is 0 Å². The lowest BCUT2D eigenvalue weighted by Gasteiger charge is -2.21. The summed E-state index contributed by atoms with van der Waals surface area (Å²) in [4.78, 5) is 27.1. The van der Waals surface area contributed by atoms with Crippen molar-refractivity contribution in [3.05, 3.63) is 53.6 Å². The second kappa shape index (κ2) is 6.95. The number of benzene rings is 2. The second-order valence-electron chi connectivity index (χ2n) is 6.73. The number of carbonyl (C=O) groups excluding carboxylic acids is 2. The average molecular weight is 380 g/mol. The largest absolute Gasteiger partial charge is 0.493 e. The number of nitrogens with zero attached hydrogens (tertiary/aromatic N) is 4. The molecule has 0 spiro atoms. The molecule has 1 fully saturated rings. The van der Waals surface area contributed by atoms with Crippen LogP contribution in [0.5, 0.6) is 11.5 Å². The van der Waals surface area contributed by atoms with Gasteiger partial charge in [0, 0.05) is 6.07 Å². The molecule has 8 heteroatoms. The van der Waals surface area contributed by atoms with Gasteiger partial charge in [0.1, 0.15) is 0 Å². The molecule has 0 aliphatic carbocycles. The smallest absolute Gasteiger partial charge is 0.263 e. The maximum absolute atomic E-state index is 13.1. The number of aryl methyl sites for hydroxylation is 1. The van der Waals surface area contributed by atoms with Crippen molar-refractivity contribution in [3.63, 3.8) is 0 Å². The van der Waals surface area contributed by atoms with E-state index in [4.69, 9.17) is 9.47 Å². The van der Waals surface area contributed by atoms with Crippen LogP contribution in [0.2, 0.25) is 0 Å². The van der Waals surface area contributed by atoms with Crippen molar-refractivity contribution < 1.29 is 19.1 Å². The van der Waals surface area contributed by atoms with Crippen LogP contribution in [0.15, 0.2) is 52.8 Å². The standard InChI is InChI=1S/C20H20N4O4/c1-12-5-4-6-13(9-12)11-23-18-17(21-22-23)19(25)24(20(18)26)14-7-8-15(27-2)16(10-14)28-3/h4-10,17-18H,11H2,1-3H3/t17-,18-/m1/s1. The molecule has 0 saturated carbocycles. The number of hydrogen-bond donors (Lipinski definition) is 0. The molecule has 0 bridgehead atoms. The minimum absolute atomic E-state index is 0.347. The number of imide groups is 1. The van der Waals surface area contributed by atoms with Gasteiger partial charge in [0.25, 0.3) is 11.8 Å². The third-order valence-electron chi connectivity index (χ3n) is 4.91. The molecule has 2 aliphatic rings. The quantitative estimate of drug-likeness (QED) is 0.744. The Morgan fingerprint density at radius 1 is 1.00 bits per heavy atom. The van der Waals surface area contributed by atoms with Gasteiger partial charge >= 0.3 is 0 Å². The van der Waals surface area contributed by atoms with E-state index in [2.05, 4.69) is 10.3 Å². The predicted molar refractivity (Wildman–Crippen MR) is 101 cm³/mol. The van der Waals surface area contributed by atoms with Crippen LogP contribution in [0, 0.1) is 6.92 Å². The summed E-state index contributed by atoms with van der Waals surface area (Å²) in [5.74, 6) is 0.222. The minimum atomic E-state index is -0.828. The Bertz CT molecular complexity index is 974. The zero-order valence-corrected chi connectivity index (χ0v) is 15.8. The molecule has 2 aliphatic heterocycles. The first-order chi connectivity index (χ1) is 13.5. The van der Waals surface area contributed by atoms with Crippen LogP contribution in [-0.2, 0) is 16.1 Å². The molecule has 2 aromatic carbocycles. The summed E-state index contributed by atoms with van der Waals surface area (Å²) in [6.07, 6.45) is 0. The van der Waals surface area contributed by atoms with Gasteiger partial charge in [0.05, 0.1) is 26.5 Å². The van der Waals surface area contributed by atoms with Gasteiger partial charge in [-0.3, -0.25) is 14.6 Å². The van der Waals surface area contributed by atoms with Crippen LogP contribution in [0.4, 0.5) is 5.69 Å². The molecule has 1 saturated heterocycles. The fraction of sp³-hybridized carbons (Fsp3) is 0.300. The van der Waals surface area contributed by atoms with E-state index in [1.54, 1.807) is 23.2 Å². The Hall–Kier alpha value is -3.42. The summed E-state index contributed by atoms with van der Waals surface area (Å²) in [6, 6.07) is 11.3. The number of anilines is 1. The summed E-state index contributed by atoms with van der Waals surface area (Å²) in [7, 11) is 3.03. The molecule has 2 atom stereocenters. The third-order valence-corrected chi connectivity index (χ3v) is 4.91. The van der Waals surface area contributed by atoms with Crippen molar-refractivity contribution in [2.24, 2.45) is 10.3 Å². The van der Waals surface area contributed by atoms with Gasteiger partial charge in [-0.2, -0.15) is 5.11 Å². The van der Waals surface area contributed by atoms with Gasteiger partial charge in [-0.1, -0.05) is 35.1 Å². The first-order valence-corrected chi connectivity index (χ1v) is 8.86. The third kappa shape index (κ3) is 2.87. The molecule has 2 aromatic rings. The molecule has 0 radical (unpaired) electrons. The Balaban J connectivity index is 1.61. The Kier molecular flexibility index (Phi) is 4.46. The highest BCUT2D eigenvalue weighted by Crippen LogP contribution is 2.36. The Morgan fingerprint density at radius 3 is 2.50 bits per heavy atom. The van der Waals surface area contributed by atoms with Crippen molar-refractivity contribution in [1.82, 2.24) is 5.01 Å². The maximum atomic E-state index is 13.1. The van der Waals surface area contributed by atoms with E-state index in [9.17, 15) is 9.59 Å². The lowest BCUT2D eigenvalue weighted by molar-refractivity contribution is -0.123. The zero-order chi connectivity index (χ0) is 19.8. The van der Waals surface area contributed by atoms with Crippen LogP contribution in [-0.4, -0.2) is 43.1 Å². The van der Waals surface area contributed by atoms with Gasteiger partial charge in [-0.25, -0.2) is 4.90 Å². The molecule has 8 nitrogen and oxygen atoms in total. The fourth-order valence-electron chi connectivity index (χ4n) is 3.57. The molecular weight excluding hydrogens is 360 g/mol. The van der Waals surface area contributed by atoms with Crippen molar-refractivity contribution in [2.45, 2.75) is 25.6 Å². The summed E-state index contributed by atoms with van der Waals surface area (Å²) < 4.78 is 10.5. The summed E-state index contributed by atoms with van der Waals surface area (Å²) in [6.45, 7) is 2.41. The van der Waals surface area contributed by atoms with Crippen molar-refractivity contribution in [2.75, 3.05) is 19.1 Å². The van der Waals surface area contributed by atoms with Gasteiger partial charge < -0.3 is 9.47 Å². The van der Waals surface area contributed by atoms with Gasteiger partial charge in [0.2, 0.25) is 0 Å². The van der Waals surface area contributed by atoms with E-state index in [0.29, 0.717) is 23.7 Å². The molecule has 2 heterocycles. The van der Waals surface area contributed by atoms with Crippen LogP contribution < -0.4 is 14.4 Å². The van der Waals surface area contributed by atoms with Gasteiger partial charge in [-0.15, -0.1) is 0 Å². The number of methoxy groups -OCH3 is 2. The van der Waals surface area contributed by atoms with Gasteiger partial charge in [0.15, 0.2) is 23.6 Å². The first-order valence-electron chi connectivity index (χ1n) is 8.86. The number of rotatable bonds is 5. The van der Waals surface area contributed by atoms with E-state index in [1.165, 1.54) is 14.2 Å². The minimum Gasteiger partial charge on any atom is -0.493 e. The molecule has 144 valence electrons. The molecule has 0 aromatic heterocycles. The summed E-state index contributed by atoms with van der Waals surface area (Å²) >= 11 is 0. The van der Waals surface area contributed by atoms with Crippen LogP contribution in [0.1, 0.15) is 11.1 Å². The SMILES string of the molecule is COc1ccc(N2C(=O)[C@@H]3N=NN(Cc4cccc(C)c4)[C@H]3C2=O)cc1OC. The number of carbonyl (C=O) groups is 2. The van der Waals surface area contributed by atoms with E-state index in [-0.39, 0.29) is 5.91 Å². The molecule has 4 rings (SSSR count). The summed E-state index contributed by atoms with van der Waals surface area (Å²) in [5.41, 5.74) is 2.54. The predicted octanol–water partition coefficient (Wildman–Crippen LogP) is 2.51. The maximum Gasteiger partial charge on any atom is 0.263 e. The molecule has 0 N–H and O–H groups in total. The van der Waals surface area contributed by atoms with E-state index >= 15 is 0 Å². The molecule has 28 heavy (non-hydrogen) atoms. The van der Waals surface area contributed by atoms with Gasteiger partial charge in [-0.05, 0) is 24.6 Å². The molecule has 0 unspecified atom stereocenters. The molecular formula is C20H20N4O4. The van der Waals surface area contributed by atoms with E-state index in [0.717, 1.165) is 16.0 Å². The highest BCUT2D eigenvalue weighted by atomic mass is 16.5. The lowest BCUT2D eigenvalue weighted by atomic mass is 10.1. The molecule has 2 amide bonds. The topological polar surface area (TPSA) is 83.8 Å². The first kappa shape index (κ1) is 18.0. The van der Waals surface area contributed by atoms with Crippen LogP contribution in [0.25, 0.3) is 0 Å². The van der Waals surface area contributed by atoms with Crippen LogP contribution >= 0.6 is 0 Å². The highest BCUT2D eigenvalue weighted by molar-refractivity contribution is 6.25. The number of amides is 2.